The first-order valence-corrected chi connectivity index (χ1v) is 8.87. The van der Waals surface area contributed by atoms with Gasteiger partial charge >= 0.3 is 0 Å². The molecule has 0 saturated heterocycles. The lowest BCUT2D eigenvalue weighted by atomic mass is 9.98. The Labute approximate surface area is 160 Å². The number of pyridine rings is 1. The monoisotopic (exact) mass is 385 g/mol. The van der Waals surface area contributed by atoms with Gasteiger partial charge in [0.1, 0.15) is 11.6 Å². The molecule has 2 aromatic carbocycles. The highest BCUT2D eigenvalue weighted by molar-refractivity contribution is 6.31. The highest BCUT2D eigenvalue weighted by Crippen LogP contribution is 2.41. The van der Waals surface area contributed by atoms with Crippen LogP contribution in [-0.4, -0.2) is 29.4 Å². The number of anilines is 1. The summed E-state index contributed by atoms with van der Waals surface area (Å²) in [5.74, 6) is -0.143. The second-order valence-electron chi connectivity index (χ2n) is 6.33. The van der Waals surface area contributed by atoms with E-state index in [1.807, 2.05) is 6.92 Å². The Morgan fingerprint density at radius 3 is 2.78 bits per heavy atom. The van der Waals surface area contributed by atoms with E-state index >= 15 is 0 Å². The van der Waals surface area contributed by atoms with Crippen LogP contribution >= 0.6 is 11.6 Å². The fourth-order valence-electron chi connectivity index (χ4n) is 3.53. The first-order valence-electron chi connectivity index (χ1n) is 8.50. The van der Waals surface area contributed by atoms with E-state index in [9.17, 15) is 9.18 Å². The van der Waals surface area contributed by atoms with Crippen molar-refractivity contribution in [1.29, 1.82) is 0 Å². The molecule has 2 N–H and O–H groups in total. The molecule has 4 rings (SSSR count). The largest absolute Gasteiger partial charge is 0.496 e. The van der Waals surface area contributed by atoms with Gasteiger partial charge in [-0.05, 0) is 37.3 Å². The Morgan fingerprint density at radius 2 is 2.07 bits per heavy atom. The number of methoxy groups -OCH3 is 1. The van der Waals surface area contributed by atoms with Crippen LogP contribution < -0.4 is 10.5 Å². The molecule has 27 heavy (non-hydrogen) atoms. The van der Waals surface area contributed by atoms with E-state index in [4.69, 9.17) is 22.1 Å². The van der Waals surface area contributed by atoms with Gasteiger partial charge in [-0.1, -0.05) is 11.6 Å². The van der Waals surface area contributed by atoms with Gasteiger partial charge in [0.2, 0.25) is 0 Å². The third-order valence-electron chi connectivity index (χ3n) is 4.88. The molecule has 0 saturated carbocycles. The van der Waals surface area contributed by atoms with Crippen molar-refractivity contribution in [3.8, 4) is 16.9 Å². The van der Waals surface area contributed by atoms with E-state index in [1.54, 1.807) is 29.2 Å². The molecule has 3 aromatic rings. The van der Waals surface area contributed by atoms with Crippen molar-refractivity contribution in [2.24, 2.45) is 0 Å². The van der Waals surface area contributed by atoms with Gasteiger partial charge in [0.05, 0.1) is 36.1 Å². The average Bonchev–Trinajstić information content (AvgIpc) is 2.97. The number of nitrogens with zero attached hydrogens (tertiary/aromatic N) is 2. The van der Waals surface area contributed by atoms with E-state index in [1.165, 1.54) is 13.2 Å². The van der Waals surface area contributed by atoms with Crippen molar-refractivity contribution in [2.45, 2.75) is 13.5 Å². The Bertz CT molecular complexity index is 1100. The molecular formula is C20H17ClFN3O2. The number of hydrogen-bond acceptors (Lipinski definition) is 4. The third kappa shape index (κ3) is 2.59. The number of rotatable bonds is 3. The topological polar surface area (TPSA) is 68.5 Å². The van der Waals surface area contributed by atoms with E-state index < -0.39 is 5.82 Å². The first-order chi connectivity index (χ1) is 13.0. The van der Waals surface area contributed by atoms with Crippen molar-refractivity contribution < 1.29 is 13.9 Å². The molecule has 0 fully saturated rings. The van der Waals surface area contributed by atoms with Crippen LogP contribution in [0.5, 0.6) is 5.75 Å². The van der Waals surface area contributed by atoms with Crippen molar-refractivity contribution in [3.63, 3.8) is 0 Å². The summed E-state index contributed by atoms with van der Waals surface area (Å²) in [6.07, 6.45) is 0. The van der Waals surface area contributed by atoms with Gasteiger partial charge in [0, 0.05) is 28.1 Å². The highest BCUT2D eigenvalue weighted by atomic mass is 35.5. The minimum absolute atomic E-state index is 0.148. The fourth-order valence-corrected chi connectivity index (χ4v) is 3.70. The van der Waals surface area contributed by atoms with Gasteiger partial charge in [-0.15, -0.1) is 0 Å². The molecule has 1 aromatic heterocycles. The molecule has 5 nitrogen and oxygen atoms in total. The predicted octanol–water partition coefficient (Wildman–Crippen LogP) is 4.26. The molecule has 1 aliphatic heterocycles. The van der Waals surface area contributed by atoms with Gasteiger partial charge in [-0.3, -0.25) is 4.79 Å². The first kappa shape index (κ1) is 17.5. The van der Waals surface area contributed by atoms with E-state index in [0.29, 0.717) is 57.3 Å². The summed E-state index contributed by atoms with van der Waals surface area (Å²) in [5, 5.41) is 0.974. The lowest BCUT2D eigenvalue weighted by Gasteiger charge is -2.14. The number of fused-ring (bicyclic) bond motifs is 2. The molecule has 0 unspecified atom stereocenters. The number of carbonyl (C=O) groups is 1. The Balaban J connectivity index is 2.07. The fraction of sp³-hybridized carbons (Fsp3) is 0.200. The van der Waals surface area contributed by atoms with Crippen LogP contribution in [-0.2, 0) is 6.54 Å². The molecule has 1 amide bonds. The molecule has 0 radical (unpaired) electrons. The number of nitrogen functional groups attached to an aromatic ring is 1. The quantitative estimate of drug-likeness (QED) is 0.731. The summed E-state index contributed by atoms with van der Waals surface area (Å²) in [6.45, 7) is 2.80. The number of amides is 1. The molecule has 7 heteroatoms. The van der Waals surface area contributed by atoms with Crippen molar-refractivity contribution in [2.75, 3.05) is 19.4 Å². The maximum Gasteiger partial charge on any atom is 0.258 e. The highest BCUT2D eigenvalue weighted by Gasteiger charge is 2.32. The number of halogens is 2. The van der Waals surface area contributed by atoms with Crippen LogP contribution in [0.25, 0.3) is 22.0 Å². The number of ether oxygens (including phenoxy) is 1. The van der Waals surface area contributed by atoms with E-state index in [2.05, 4.69) is 4.98 Å². The Kier molecular flexibility index (Phi) is 4.15. The second kappa shape index (κ2) is 6.39. The van der Waals surface area contributed by atoms with Gasteiger partial charge in [-0.2, -0.15) is 0 Å². The van der Waals surface area contributed by atoms with Gasteiger partial charge in [0.15, 0.2) is 0 Å². The maximum atomic E-state index is 14.9. The average molecular weight is 386 g/mol. The molecule has 0 aliphatic carbocycles. The second-order valence-corrected chi connectivity index (χ2v) is 6.77. The lowest BCUT2D eigenvalue weighted by Crippen LogP contribution is -2.23. The van der Waals surface area contributed by atoms with Crippen molar-refractivity contribution >= 4 is 34.1 Å². The van der Waals surface area contributed by atoms with Crippen LogP contribution in [0.1, 0.15) is 23.0 Å². The van der Waals surface area contributed by atoms with Gasteiger partial charge in [0.25, 0.3) is 5.91 Å². The lowest BCUT2D eigenvalue weighted by molar-refractivity contribution is 0.0787. The van der Waals surface area contributed by atoms with Crippen LogP contribution in [0.4, 0.5) is 10.1 Å². The van der Waals surface area contributed by atoms with Crippen LogP contribution in [0.3, 0.4) is 0 Å². The SMILES string of the molecule is CCN1Cc2nc3c(-c4cc(Cl)ccc4OC)c(F)ccc3c(N)c2C1=O. The summed E-state index contributed by atoms with van der Waals surface area (Å²) in [5.41, 5.74) is 8.71. The Hall–Kier alpha value is -2.86. The molecule has 0 spiro atoms. The molecule has 138 valence electrons. The molecule has 0 atom stereocenters. The van der Waals surface area contributed by atoms with Crippen LogP contribution in [0, 0.1) is 5.82 Å². The Morgan fingerprint density at radius 1 is 1.30 bits per heavy atom. The molecule has 2 heterocycles. The standard InChI is InChI=1S/C20H17ClFN3O2/c1-3-25-9-14-17(20(25)26)18(23)11-5-6-13(22)16(19(11)24-14)12-8-10(21)4-7-15(12)27-2/h4-8H,3,9H2,1-2H3,(H2,23,24). The predicted molar refractivity (Wildman–Crippen MR) is 104 cm³/mol. The van der Waals surface area contributed by atoms with Crippen molar-refractivity contribution in [1.82, 2.24) is 9.88 Å². The molecular weight excluding hydrogens is 369 g/mol. The zero-order valence-electron chi connectivity index (χ0n) is 14.8. The summed E-state index contributed by atoms with van der Waals surface area (Å²) < 4.78 is 20.3. The molecule has 1 aliphatic rings. The number of aromatic nitrogens is 1. The third-order valence-corrected chi connectivity index (χ3v) is 5.11. The minimum Gasteiger partial charge on any atom is -0.496 e. The van der Waals surface area contributed by atoms with Crippen molar-refractivity contribution in [3.05, 3.63) is 52.4 Å². The number of nitrogens with two attached hydrogens (primary N) is 1. The van der Waals surface area contributed by atoms with Gasteiger partial charge in [-0.25, -0.2) is 9.37 Å². The summed E-state index contributed by atoms with van der Waals surface area (Å²) in [7, 11) is 1.51. The zero-order chi connectivity index (χ0) is 19.3. The summed E-state index contributed by atoms with van der Waals surface area (Å²) >= 11 is 6.13. The van der Waals surface area contributed by atoms with Crippen LogP contribution in [0.2, 0.25) is 5.02 Å². The number of benzene rings is 2. The maximum absolute atomic E-state index is 14.9. The zero-order valence-corrected chi connectivity index (χ0v) is 15.6. The van der Waals surface area contributed by atoms with E-state index in [0.717, 1.165) is 0 Å². The smallest absolute Gasteiger partial charge is 0.258 e. The van der Waals surface area contributed by atoms with E-state index in [-0.39, 0.29) is 11.5 Å². The number of hydrogen-bond donors (Lipinski definition) is 1. The van der Waals surface area contributed by atoms with Gasteiger partial charge < -0.3 is 15.4 Å². The summed E-state index contributed by atoms with van der Waals surface area (Å²) in [4.78, 5) is 18.8. The molecule has 0 bridgehead atoms. The number of carbonyl (C=O) groups excluding carboxylic acids is 1. The van der Waals surface area contributed by atoms with Crippen LogP contribution in [0.15, 0.2) is 30.3 Å². The summed E-state index contributed by atoms with van der Waals surface area (Å²) in [6, 6.07) is 7.85. The normalized spacial score (nSPS) is 13.3. The minimum atomic E-state index is -0.466.